The first-order chi connectivity index (χ1) is 9.60. The van der Waals surface area contributed by atoms with Gasteiger partial charge in [-0.1, -0.05) is 0 Å². The number of nitrogens with one attached hydrogen (secondary N) is 2. The van der Waals surface area contributed by atoms with Gasteiger partial charge in [-0.05, 0) is 0 Å². The molecule has 0 aromatic carbocycles. The van der Waals surface area contributed by atoms with Gasteiger partial charge in [-0.3, -0.25) is 14.5 Å². The molecule has 1 fully saturated rings. The summed E-state index contributed by atoms with van der Waals surface area (Å²) in [5, 5.41) is 2.68. The Hall–Kier alpha value is -1.89. The molecule has 0 saturated carbocycles. The van der Waals surface area contributed by atoms with Crippen LogP contribution in [0.3, 0.4) is 0 Å². The van der Waals surface area contributed by atoms with Crippen LogP contribution >= 0.6 is 0 Å². The van der Waals surface area contributed by atoms with Crippen molar-refractivity contribution in [2.75, 3.05) is 33.2 Å². The number of hydrogen-bond donors (Lipinski definition) is 2. The molecule has 2 heterocycles. The van der Waals surface area contributed by atoms with Crippen LogP contribution in [-0.2, 0) is 16.1 Å². The highest BCUT2D eigenvalue weighted by Gasteiger charge is 2.28. The van der Waals surface area contributed by atoms with E-state index in [4.69, 9.17) is 0 Å². The summed E-state index contributed by atoms with van der Waals surface area (Å²) in [6.45, 7) is 4.78. The number of H-pyrrole nitrogens is 1. The predicted molar refractivity (Wildman–Crippen MR) is 73.7 cm³/mol. The Morgan fingerprint density at radius 2 is 2.25 bits per heavy atom. The van der Waals surface area contributed by atoms with Gasteiger partial charge in [0.2, 0.25) is 11.8 Å². The van der Waals surface area contributed by atoms with Crippen molar-refractivity contribution in [1.82, 2.24) is 25.1 Å². The molecule has 0 aliphatic carbocycles. The van der Waals surface area contributed by atoms with E-state index >= 15 is 0 Å². The van der Waals surface area contributed by atoms with Gasteiger partial charge in [0.15, 0.2) is 0 Å². The van der Waals surface area contributed by atoms with Gasteiger partial charge in [-0.15, -0.1) is 0 Å². The third-order valence-corrected chi connectivity index (χ3v) is 3.62. The molecule has 110 valence electrons. The Labute approximate surface area is 118 Å². The fraction of sp³-hybridized carbons (Fsp3) is 0.615. The number of aromatic amines is 1. The molecule has 20 heavy (non-hydrogen) atoms. The van der Waals surface area contributed by atoms with Gasteiger partial charge in [-0.25, -0.2) is 4.98 Å². The average molecular weight is 279 g/mol. The second kappa shape index (κ2) is 6.51. The minimum atomic E-state index is -0.200. The number of imidazole rings is 1. The second-order valence-corrected chi connectivity index (χ2v) is 5.09. The lowest BCUT2D eigenvalue weighted by Crippen LogP contribution is -2.40. The van der Waals surface area contributed by atoms with Crippen LogP contribution in [0.5, 0.6) is 0 Å². The Bertz CT molecular complexity index is 459. The predicted octanol–water partition coefficient (Wildman–Crippen LogP) is -0.564. The highest BCUT2D eigenvalue weighted by Crippen LogP contribution is 2.12. The topological polar surface area (TPSA) is 81.3 Å². The van der Waals surface area contributed by atoms with Crippen LogP contribution in [0.4, 0.5) is 0 Å². The number of carbonyl (C=O) groups excluding carboxylic acids is 2. The summed E-state index contributed by atoms with van der Waals surface area (Å²) in [5.41, 5.74) is 1.01. The Morgan fingerprint density at radius 3 is 2.85 bits per heavy atom. The van der Waals surface area contributed by atoms with E-state index in [-0.39, 0.29) is 17.7 Å². The Kier molecular flexibility index (Phi) is 4.73. The van der Waals surface area contributed by atoms with E-state index in [1.807, 2.05) is 0 Å². The number of amides is 2. The molecular formula is C13H21N5O2. The molecule has 0 spiro atoms. The molecular weight excluding hydrogens is 258 g/mol. The fourth-order valence-corrected chi connectivity index (χ4v) is 2.49. The maximum Gasteiger partial charge on any atom is 0.225 e. The van der Waals surface area contributed by atoms with Crippen molar-refractivity contribution in [2.24, 2.45) is 5.92 Å². The summed E-state index contributed by atoms with van der Waals surface area (Å²) < 4.78 is 0. The van der Waals surface area contributed by atoms with E-state index in [2.05, 4.69) is 20.2 Å². The van der Waals surface area contributed by atoms with Crippen LogP contribution in [0, 0.1) is 5.92 Å². The SMILES string of the molecule is CNC(=O)[C@H]1CN(Cc2cnc[nH]2)CCN(C(C)=O)C1. The van der Waals surface area contributed by atoms with Crippen molar-refractivity contribution in [3.05, 3.63) is 18.2 Å². The third kappa shape index (κ3) is 3.57. The molecule has 2 rings (SSSR count). The number of aromatic nitrogens is 2. The van der Waals surface area contributed by atoms with Crippen LogP contribution in [0.1, 0.15) is 12.6 Å². The lowest BCUT2D eigenvalue weighted by atomic mass is 10.1. The summed E-state index contributed by atoms with van der Waals surface area (Å²) in [7, 11) is 1.63. The van der Waals surface area contributed by atoms with Crippen LogP contribution in [-0.4, -0.2) is 64.8 Å². The van der Waals surface area contributed by atoms with E-state index in [1.54, 1.807) is 31.4 Å². The molecule has 0 unspecified atom stereocenters. The van der Waals surface area contributed by atoms with Crippen LogP contribution in [0.25, 0.3) is 0 Å². The van der Waals surface area contributed by atoms with E-state index in [0.717, 1.165) is 12.2 Å². The lowest BCUT2D eigenvalue weighted by Gasteiger charge is -2.22. The maximum atomic E-state index is 11.9. The van der Waals surface area contributed by atoms with E-state index in [9.17, 15) is 9.59 Å². The standard InChI is InChI=1S/C13H21N5O2/c1-10(19)18-4-3-17(8-12-5-15-9-16-12)6-11(7-18)13(20)14-2/h5,9,11H,3-4,6-8H2,1-2H3,(H,14,20)(H,15,16)/t11-/m0/s1. The second-order valence-electron chi connectivity index (χ2n) is 5.09. The number of carbonyl (C=O) groups is 2. The summed E-state index contributed by atoms with van der Waals surface area (Å²) in [6.07, 6.45) is 3.42. The van der Waals surface area contributed by atoms with Crippen molar-refractivity contribution >= 4 is 11.8 Å². The molecule has 1 aliphatic rings. The number of hydrogen-bond acceptors (Lipinski definition) is 4. The zero-order valence-corrected chi connectivity index (χ0v) is 11.9. The molecule has 1 aliphatic heterocycles. The maximum absolute atomic E-state index is 11.9. The molecule has 7 heteroatoms. The first-order valence-corrected chi connectivity index (χ1v) is 6.77. The first kappa shape index (κ1) is 14.5. The molecule has 2 N–H and O–H groups in total. The highest BCUT2D eigenvalue weighted by atomic mass is 16.2. The molecule has 0 radical (unpaired) electrons. The van der Waals surface area contributed by atoms with Gasteiger partial charge in [0.25, 0.3) is 0 Å². The van der Waals surface area contributed by atoms with Gasteiger partial charge >= 0.3 is 0 Å². The smallest absolute Gasteiger partial charge is 0.225 e. The van der Waals surface area contributed by atoms with E-state index in [1.165, 1.54) is 0 Å². The molecule has 2 amide bonds. The fourth-order valence-electron chi connectivity index (χ4n) is 2.49. The molecule has 1 saturated heterocycles. The van der Waals surface area contributed by atoms with Crippen LogP contribution in [0.2, 0.25) is 0 Å². The van der Waals surface area contributed by atoms with Gasteiger partial charge in [0, 0.05) is 58.6 Å². The van der Waals surface area contributed by atoms with Gasteiger partial charge < -0.3 is 15.2 Å². The van der Waals surface area contributed by atoms with Crippen molar-refractivity contribution in [1.29, 1.82) is 0 Å². The van der Waals surface area contributed by atoms with Gasteiger partial charge in [-0.2, -0.15) is 0 Å². The largest absolute Gasteiger partial charge is 0.359 e. The minimum absolute atomic E-state index is 0.0160. The van der Waals surface area contributed by atoms with Crippen molar-refractivity contribution in [2.45, 2.75) is 13.5 Å². The summed E-state index contributed by atoms with van der Waals surface area (Å²) in [5.74, 6) is -0.204. The van der Waals surface area contributed by atoms with Crippen LogP contribution in [0.15, 0.2) is 12.5 Å². The summed E-state index contributed by atoms with van der Waals surface area (Å²) >= 11 is 0. The summed E-state index contributed by atoms with van der Waals surface area (Å²) in [6, 6.07) is 0. The van der Waals surface area contributed by atoms with Gasteiger partial charge in [0.05, 0.1) is 12.2 Å². The third-order valence-electron chi connectivity index (χ3n) is 3.62. The van der Waals surface area contributed by atoms with Gasteiger partial charge in [0.1, 0.15) is 0 Å². The van der Waals surface area contributed by atoms with Crippen molar-refractivity contribution < 1.29 is 9.59 Å². The minimum Gasteiger partial charge on any atom is -0.359 e. The monoisotopic (exact) mass is 279 g/mol. The molecule has 0 bridgehead atoms. The van der Waals surface area contributed by atoms with E-state index in [0.29, 0.717) is 26.2 Å². The molecule has 1 atom stereocenters. The number of nitrogens with zero attached hydrogens (tertiary/aromatic N) is 3. The summed E-state index contributed by atoms with van der Waals surface area (Å²) in [4.78, 5) is 34.5. The first-order valence-electron chi connectivity index (χ1n) is 6.77. The molecule has 1 aromatic rings. The molecule has 1 aromatic heterocycles. The lowest BCUT2D eigenvalue weighted by molar-refractivity contribution is -0.130. The quantitative estimate of drug-likeness (QED) is 0.777. The zero-order valence-electron chi connectivity index (χ0n) is 11.9. The van der Waals surface area contributed by atoms with Crippen molar-refractivity contribution in [3.63, 3.8) is 0 Å². The average Bonchev–Trinajstić information content (AvgIpc) is 2.83. The highest BCUT2D eigenvalue weighted by molar-refractivity contribution is 5.80. The molecule has 7 nitrogen and oxygen atoms in total. The Morgan fingerprint density at radius 1 is 1.45 bits per heavy atom. The number of rotatable bonds is 3. The van der Waals surface area contributed by atoms with E-state index < -0.39 is 0 Å². The normalized spacial score (nSPS) is 20.5. The van der Waals surface area contributed by atoms with Crippen molar-refractivity contribution in [3.8, 4) is 0 Å². The van der Waals surface area contributed by atoms with Crippen LogP contribution < -0.4 is 5.32 Å². The zero-order chi connectivity index (χ0) is 14.5. The Balaban J connectivity index is 2.07.